The van der Waals surface area contributed by atoms with Crippen LogP contribution in [0.3, 0.4) is 0 Å². The number of imidazole rings is 1. The molecule has 2 aromatic rings. The molecule has 9 heteroatoms. The quantitative estimate of drug-likeness (QED) is 0.839. The van der Waals surface area contributed by atoms with E-state index in [1.165, 1.54) is 16.9 Å². The van der Waals surface area contributed by atoms with Crippen molar-refractivity contribution in [2.45, 2.75) is 37.4 Å². The number of sulfonamides is 1. The van der Waals surface area contributed by atoms with E-state index >= 15 is 0 Å². The maximum Gasteiger partial charge on any atom is 0.257 e. The second-order valence-corrected chi connectivity index (χ2v) is 7.64. The SMILES string of the molecule is CCn1nccc1S(=O)(=O)NC[C@@H]1CCCO[C@H]1c1nccn1C. The molecule has 1 N–H and O–H groups in total. The molecular formula is C15H23N5O3S. The van der Waals surface area contributed by atoms with Crippen molar-refractivity contribution in [3.05, 3.63) is 30.5 Å². The van der Waals surface area contributed by atoms with Gasteiger partial charge in [0.05, 0.1) is 6.20 Å². The van der Waals surface area contributed by atoms with Crippen LogP contribution < -0.4 is 4.72 Å². The van der Waals surface area contributed by atoms with Gasteiger partial charge in [0.15, 0.2) is 5.03 Å². The molecule has 2 atom stereocenters. The van der Waals surface area contributed by atoms with E-state index in [0.717, 1.165) is 18.7 Å². The Balaban J connectivity index is 1.73. The Hall–Kier alpha value is -1.71. The van der Waals surface area contributed by atoms with Crippen molar-refractivity contribution < 1.29 is 13.2 Å². The van der Waals surface area contributed by atoms with Crippen LogP contribution in [0.15, 0.2) is 29.7 Å². The average Bonchev–Trinajstić information content (AvgIpc) is 3.22. The van der Waals surface area contributed by atoms with Gasteiger partial charge in [0, 0.05) is 45.1 Å². The molecule has 1 aliphatic rings. The lowest BCUT2D eigenvalue weighted by Gasteiger charge is -2.31. The van der Waals surface area contributed by atoms with Crippen LogP contribution in [0.5, 0.6) is 0 Å². The third kappa shape index (κ3) is 3.38. The molecule has 0 bridgehead atoms. The van der Waals surface area contributed by atoms with Crippen LogP contribution in [-0.4, -0.2) is 40.9 Å². The molecular weight excluding hydrogens is 330 g/mol. The van der Waals surface area contributed by atoms with E-state index in [2.05, 4.69) is 14.8 Å². The maximum absolute atomic E-state index is 12.5. The topological polar surface area (TPSA) is 91.0 Å². The number of aryl methyl sites for hydroxylation is 2. The van der Waals surface area contributed by atoms with Crippen molar-refractivity contribution in [2.75, 3.05) is 13.2 Å². The van der Waals surface area contributed by atoms with Gasteiger partial charge in [0.2, 0.25) is 0 Å². The summed E-state index contributed by atoms with van der Waals surface area (Å²) in [4.78, 5) is 4.36. The van der Waals surface area contributed by atoms with Gasteiger partial charge >= 0.3 is 0 Å². The van der Waals surface area contributed by atoms with Crippen LogP contribution in [0.4, 0.5) is 0 Å². The van der Waals surface area contributed by atoms with Gasteiger partial charge < -0.3 is 9.30 Å². The molecule has 8 nitrogen and oxygen atoms in total. The highest BCUT2D eigenvalue weighted by molar-refractivity contribution is 7.89. The van der Waals surface area contributed by atoms with Crippen molar-refractivity contribution in [1.29, 1.82) is 0 Å². The summed E-state index contributed by atoms with van der Waals surface area (Å²) < 4.78 is 37.1. The Labute approximate surface area is 141 Å². The van der Waals surface area contributed by atoms with Crippen molar-refractivity contribution in [3.63, 3.8) is 0 Å². The predicted molar refractivity (Wildman–Crippen MR) is 87.7 cm³/mol. The van der Waals surface area contributed by atoms with E-state index in [9.17, 15) is 8.42 Å². The van der Waals surface area contributed by atoms with Crippen LogP contribution in [0.25, 0.3) is 0 Å². The van der Waals surface area contributed by atoms with Crippen LogP contribution >= 0.6 is 0 Å². The van der Waals surface area contributed by atoms with Gasteiger partial charge in [-0.25, -0.2) is 18.1 Å². The summed E-state index contributed by atoms with van der Waals surface area (Å²) in [5.74, 6) is 0.880. The number of ether oxygens (including phenoxy) is 1. The molecule has 0 unspecified atom stereocenters. The number of nitrogens with one attached hydrogen (secondary N) is 1. The number of hydrogen-bond acceptors (Lipinski definition) is 5. The maximum atomic E-state index is 12.5. The fraction of sp³-hybridized carbons (Fsp3) is 0.600. The Morgan fingerprint density at radius 1 is 1.42 bits per heavy atom. The lowest BCUT2D eigenvalue weighted by atomic mass is 9.94. The molecule has 0 saturated carbocycles. The Morgan fingerprint density at radius 2 is 2.25 bits per heavy atom. The molecule has 0 amide bonds. The Morgan fingerprint density at radius 3 is 2.96 bits per heavy atom. The van der Waals surface area contributed by atoms with Crippen LogP contribution in [-0.2, 0) is 28.4 Å². The standard InChI is InChI=1S/C15H23N5O3S/c1-3-20-13(6-7-17-20)24(21,22)18-11-12-5-4-10-23-14(12)15-16-8-9-19(15)2/h6-9,12,14,18H,3-5,10-11H2,1-2H3/t12-,14+/m0/s1. The molecule has 0 aromatic carbocycles. The number of nitrogens with zero attached hydrogens (tertiary/aromatic N) is 4. The van der Waals surface area contributed by atoms with Gasteiger partial charge in [-0.1, -0.05) is 0 Å². The number of hydrogen-bond donors (Lipinski definition) is 1. The fourth-order valence-electron chi connectivity index (χ4n) is 3.07. The summed E-state index contributed by atoms with van der Waals surface area (Å²) in [6.45, 7) is 3.35. The van der Waals surface area contributed by atoms with Crippen LogP contribution in [0.1, 0.15) is 31.7 Å². The largest absolute Gasteiger partial charge is 0.370 e. The first-order chi connectivity index (χ1) is 11.5. The summed E-state index contributed by atoms with van der Waals surface area (Å²) >= 11 is 0. The monoisotopic (exact) mass is 353 g/mol. The van der Waals surface area contributed by atoms with Gasteiger partial charge in [0.25, 0.3) is 10.0 Å². The normalized spacial score (nSPS) is 21.9. The average molecular weight is 353 g/mol. The number of rotatable bonds is 6. The summed E-state index contributed by atoms with van der Waals surface area (Å²) in [7, 11) is -1.68. The first-order valence-corrected chi connectivity index (χ1v) is 9.61. The lowest BCUT2D eigenvalue weighted by molar-refractivity contribution is -0.0328. The molecule has 1 fully saturated rings. The van der Waals surface area contributed by atoms with Crippen molar-refractivity contribution in [2.24, 2.45) is 13.0 Å². The number of aromatic nitrogens is 4. The zero-order valence-electron chi connectivity index (χ0n) is 13.9. The summed E-state index contributed by atoms with van der Waals surface area (Å²) in [6, 6.07) is 1.51. The minimum Gasteiger partial charge on any atom is -0.370 e. The van der Waals surface area contributed by atoms with Crippen molar-refractivity contribution >= 4 is 10.0 Å². The molecule has 0 spiro atoms. The minimum absolute atomic E-state index is 0.0487. The Kier molecular flexibility index (Phi) is 5.02. The van der Waals surface area contributed by atoms with Gasteiger partial charge in [-0.2, -0.15) is 5.10 Å². The van der Waals surface area contributed by atoms with Gasteiger partial charge in [-0.15, -0.1) is 0 Å². The lowest BCUT2D eigenvalue weighted by Crippen LogP contribution is -2.36. The molecule has 132 valence electrons. The van der Waals surface area contributed by atoms with Crippen molar-refractivity contribution in [3.8, 4) is 0 Å². The molecule has 3 rings (SSSR count). The first kappa shape index (κ1) is 17.1. The van der Waals surface area contributed by atoms with Gasteiger partial charge in [0.1, 0.15) is 11.9 Å². The van der Waals surface area contributed by atoms with Crippen LogP contribution in [0.2, 0.25) is 0 Å². The molecule has 1 saturated heterocycles. The second-order valence-electron chi connectivity index (χ2n) is 5.93. The minimum atomic E-state index is -3.59. The van der Waals surface area contributed by atoms with E-state index in [-0.39, 0.29) is 17.0 Å². The smallest absolute Gasteiger partial charge is 0.257 e. The molecule has 0 radical (unpaired) electrons. The highest BCUT2D eigenvalue weighted by Crippen LogP contribution is 2.32. The van der Waals surface area contributed by atoms with Crippen LogP contribution in [0, 0.1) is 5.92 Å². The summed E-state index contributed by atoms with van der Waals surface area (Å²) in [6.07, 6.45) is 6.71. The molecule has 2 aromatic heterocycles. The van der Waals surface area contributed by atoms with E-state index in [4.69, 9.17) is 4.74 Å². The zero-order chi connectivity index (χ0) is 17.2. The third-order valence-electron chi connectivity index (χ3n) is 4.35. The predicted octanol–water partition coefficient (Wildman–Crippen LogP) is 1.08. The fourth-order valence-corrected chi connectivity index (χ4v) is 4.34. The molecule has 3 heterocycles. The summed E-state index contributed by atoms with van der Waals surface area (Å²) in [5.41, 5.74) is 0. The van der Waals surface area contributed by atoms with Gasteiger partial charge in [-0.3, -0.25) is 4.68 Å². The van der Waals surface area contributed by atoms with E-state index in [1.807, 2.05) is 24.7 Å². The molecule has 0 aliphatic carbocycles. The summed E-state index contributed by atoms with van der Waals surface area (Å²) in [5, 5.41) is 4.21. The molecule has 24 heavy (non-hydrogen) atoms. The van der Waals surface area contributed by atoms with Crippen molar-refractivity contribution in [1.82, 2.24) is 24.1 Å². The van der Waals surface area contributed by atoms with Gasteiger partial charge in [-0.05, 0) is 25.8 Å². The van der Waals surface area contributed by atoms with E-state index < -0.39 is 10.0 Å². The van der Waals surface area contributed by atoms with E-state index in [0.29, 0.717) is 19.7 Å². The highest BCUT2D eigenvalue weighted by Gasteiger charge is 2.31. The Bertz CT molecular complexity index is 783. The highest BCUT2D eigenvalue weighted by atomic mass is 32.2. The first-order valence-electron chi connectivity index (χ1n) is 8.13. The second kappa shape index (κ2) is 7.04. The molecule has 1 aliphatic heterocycles. The van der Waals surface area contributed by atoms with E-state index in [1.54, 1.807) is 6.20 Å². The third-order valence-corrected chi connectivity index (χ3v) is 5.79. The zero-order valence-corrected chi connectivity index (χ0v) is 14.7.